The fourth-order valence-corrected chi connectivity index (χ4v) is 2.54. The number of amides is 3. The van der Waals surface area contributed by atoms with Crippen molar-refractivity contribution in [3.8, 4) is 0 Å². The highest BCUT2D eigenvalue weighted by molar-refractivity contribution is 5.97. The second kappa shape index (κ2) is 9.07. The number of hydrogen-bond donors (Lipinski definition) is 2. The van der Waals surface area contributed by atoms with E-state index in [0.717, 1.165) is 17.9 Å². The Morgan fingerprint density at radius 2 is 2.04 bits per heavy atom. The van der Waals surface area contributed by atoms with Crippen LogP contribution in [-0.2, 0) is 16.1 Å². The summed E-state index contributed by atoms with van der Waals surface area (Å²) in [5.41, 5.74) is 1.95. The van der Waals surface area contributed by atoms with Crippen LogP contribution in [0.1, 0.15) is 47.8 Å². The van der Waals surface area contributed by atoms with Crippen molar-refractivity contribution in [2.24, 2.45) is 0 Å². The van der Waals surface area contributed by atoms with E-state index in [2.05, 4.69) is 10.6 Å². The summed E-state index contributed by atoms with van der Waals surface area (Å²) in [5, 5.41) is 4.73. The lowest BCUT2D eigenvalue weighted by Gasteiger charge is -2.12. The Labute approximate surface area is 157 Å². The average molecular weight is 375 g/mol. The number of rotatable bonds is 7. The topological polar surface area (TPSA) is 103 Å². The Kier molecular flexibility index (Phi) is 6.81. The summed E-state index contributed by atoms with van der Waals surface area (Å²) >= 11 is 0. The normalized spacial score (nSPS) is 11.7. The molecule has 0 aliphatic carbocycles. The van der Waals surface area contributed by atoms with Crippen molar-refractivity contribution in [2.45, 2.75) is 46.7 Å². The second-order valence-corrected chi connectivity index (χ2v) is 6.36. The van der Waals surface area contributed by atoms with Crippen LogP contribution in [0.15, 0.2) is 28.9 Å². The minimum absolute atomic E-state index is 0.0556. The number of esters is 1. The van der Waals surface area contributed by atoms with Crippen LogP contribution < -0.4 is 10.6 Å². The van der Waals surface area contributed by atoms with Gasteiger partial charge in [0, 0.05) is 17.4 Å². The van der Waals surface area contributed by atoms with E-state index in [9.17, 15) is 14.4 Å². The second-order valence-electron chi connectivity index (χ2n) is 6.36. The van der Waals surface area contributed by atoms with Gasteiger partial charge < -0.3 is 19.0 Å². The van der Waals surface area contributed by atoms with Crippen LogP contribution >= 0.6 is 0 Å². The highest BCUT2D eigenvalue weighted by atomic mass is 16.5. The summed E-state index contributed by atoms with van der Waals surface area (Å²) in [6.45, 7) is 7.37. The first kappa shape index (κ1) is 20.3. The Bertz CT molecular complexity index is 808. The molecule has 2 N–H and O–H groups in total. The summed E-state index contributed by atoms with van der Waals surface area (Å²) < 4.78 is 12.3. The summed E-state index contributed by atoms with van der Waals surface area (Å²) in [4.78, 5) is 35.7. The zero-order valence-corrected chi connectivity index (χ0v) is 16.0. The maximum absolute atomic E-state index is 12.3. The summed E-state index contributed by atoms with van der Waals surface area (Å²) in [6.07, 6.45) is 2.33. The van der Waals surface area contributed by atoms with Crippen LogP contribution in [-0.4, -0.2) is 35.1 Å². The fourth-order valence-electron chi connectivity index (χ4n) is 2.54. The molecule has 0 unspecified atom stereocenters. The lowest BCUT2D eigenvalue weighted by Crippen LogP contribution is -2.44. The first-order chi connectivity index (χ1) is 12.8. The smallest absolute Gasteiger partial charge is 0.340 e. The molecule has 8 heteroatoms. The van der Waals surface area contributed by atoms with E-state index in [-0.39, 0.29) is 6.04 Å². The van der Waals surface area contributed by atoms with Gasteiger partial charge in [0.05, 0.1) is 18.4 Å². The van der Waals surface area contributed by atoms with E-state index in [0.29, 0.717) is 17.8 Å². The highest BCUT2D eigenvalue weighted by Gasteiger charge is 2.19. The van der Waals surface area contributed by atoms with E-state index in [1.807, 2.05) is 31.4 Å². The molecular weight excluding hydrogens is 350 g/mol. The number of carbonyl (C=O) groups excluding carboxylic acids is 3. The molecule has 0 aliphatic heterocycles. The van der Waals surface area contributed by atoms with Crippen LogP contribution in [0.5, 0.6) is 0 Å². The number of urea groups is 1. The number of aromatic nitrogens is 1. The molecule has 0 aromatic carbocycles. The third kappa shape index (κ3) is 5.47. The standard InChI is InChI=1S/C19H25N3O5/c1-5-12(2)20-19(25)21-17(23)11-27-18(24)16-9-13(3)22(14(16)4)10-15-7-6-8-26-15/h6-9,12H,5,10-11H2,1-4H3,(H2,20,21,23,25)/t12-/m0/s1. The van der Waals surface area contributed by atoms with Gasteiger partial charge in [-0.1, -0.05) is 6.92 Å². The molecule has 0 radical (unpaired) electrons. The fraction of sp³-hybridized carbons (Fsp3) is 0.421. The maximum atomic E-state index is 12.3. The van der Waals surface area contributed by atoms with E-state index in [4.69, 9.17) is 9.15 Å². The molecule has 0 aliphatic rings. The van der Waals surface area contributed by atoms with Crippen molar-refractivity contribution in [1.82, 2.24) is 15.2 Å². The average Bonchev–Trinajstić information content (AvgIpc) is 3.23. The van der Waals surface area contributed by atoms with Gasteiger partial charge >= 0.3 is 12.0 Å². The molecule has 146 valence electrons. The van der Waals surface area contributed by atoms with Gasteiger partial charge in [-0.15, -0.1) is 0 Å². The number of ether oxygens (including phenoxy) is 1. The Balaban J connectivity index is 1.92. The molecule has 0 saturated heterocycles. The van der Waals surface area contributed by atoms with Crippen molar-refractivity contribution >= 4 is 17.9 Å². The molecule has 2 aromatic heterocycles. The van der Waals surface area contributed by atoms with Crippen LogP contribution in [0.4, 0.5) is 4.79 Å². The van der Waals surface area contributed by atoms with Crippen LogP contribution in [0.3, 0.4) is 0 Å². The van der Waals surface area contributed by atoms with Crippen molar-refractivity contribution in [2.75, 3.05) is 6.61 Å². The van der Waals surface area contributed by atoms with Crippen molar-refractivity contribution < 1.29 is 23.5 Å². The minimum Gasteiger partial charge on any atom is -0.467 e. The number of aryl methyl sites for hydroxylation is 1. The van der Waals surface area contributed by atoms with E-state index in [1.165, 1.54) is 0 Å². The molecular formula is C19H25N3O5. The number of nitrogens with one attached hydrogen (secondary N) is 2. The number of carbonyl (C=O) groups is 3. The zero-order chi connectivity index (χ0) is 20.0. The van der Waals surface area contributed by atoms with Gasteiger partial charge in [0.2, 0.25) is 0 Å². The molecule has 0 saturated carbocycles. The van der Waals surface area contributed by atoms with Crippen molar-refractivity contribution in [1.29, 1.82) is 0 Å². The highest BCUT2D eigenvalue weighted by Crippen LogP contribution is 2.18. The first-order valence-electron chi connectivity index (χ1n) is 8.78. The monoisotopic (exact) mass is 375 g/mol. The van der Waals surface area contributed by atoms with Crippen molar-refractivity contribution in [3.05, 3.63) is 47.2 Å². The first-order valence-corrected chi connectivity index (χ1v) is 8.78. The van der Waals surface area contributed by atoms with E-state index >= 15 is 0 Å². The molecule has 2 rings (SSSR count). The Hall–Kier alpha value is -3.03. The minimum atomic E-state index is -0.687. The largest absolute Gasteiger partial charge is 0.467 e. The molecule has 0 spiro atoms. The quantitative estimate of drug-likeness (QED) is 0.724. The zero-order valence-electron chi connectivity index (χ0n) is 16.0. The van der Waals surface area contributed by atoms with Gasteiger partial charge in [0.1, 0.15) is 5.76 Å². The van der Waals surface area contributed by atoms with Gasteiger partial charge in [-0.25, -0.2) is 9.59 Å². The number of nitrogens with zero attached hydrogens (tertiary/aromatic N) is 1. The van der Waals surface area contributed by atoms with E-state index in [1.54, 1.807) is 25.3 Å². The molecule has 27 heavy (non-hydrogen) atoms. The van der Waals surface area contributed by atoms with Crippen LogP contribution in [0.25, 0.3) is 0 Å². The predicted octanol–water partition coefficient (Wildman–Crippen LogP) is 2.53. The molecule has 2 aromatic rings. The molecule has 0 bridgehead atoms. The number of furan rings is 1. The molecule has 1 atom stereocenters. The molecule has 2 heterocycles. The van der Waals surface area contributed by atoms with Crippen LogP contribution in [0, 0.1) is 13.8 Å². The molecule has 8 nitrogen and oxygen atoms in total. The lowest BCUT2D eigenvalue weighted by molar-refractivity contribution is -0.123. The SMILES string of the molecule is CC[C@H](C)NC(=O)NC(=O)COC(=O)c1cc(C)n(Cc2ccco2)c1C. The third-order valence-corrected chi connectivity index (χ3v) is 4.26. The van der Waals surface area contributed by atoms with Crippen molar-refractivity contribution in [3.63, 3.8) is 0 Å². The number of imide groups is 1. The van der Waals surface area contributed by atoms with E-state index < -0.39 is 24.5 Å². The third-order valence-electron chi connectivity index (χ3n) is 4.26. The summed E-state index contributed by atoms with van der Waals surface area (Å²) in [6, 6.07) is 4.69. The number of hydrogen-bond acceptors (Lipinski definition) is 5. The van der Waals surface area contributed by atoms with Gasteiger partial charge in [0.25, 0.3) is 5.91 Å². The summed E-state index contributed by atoms with van der Waals surface area (Å²) in [5.74, 6) is -0.539. The Morgan fingerprint density at radius 3 is 2.67 bits per heavy atom. The molecule has 3 amide bonds. The maximum Gasteiger partial charge on any atom is 0.340 e. The van der Waals surface area contributed by atoms with Crippen LogP contribution in [0.2, 0.25) is 0 Å². The lowest BCUT2D eigenvalue weighted by atomic mass is 10.2. The van der Waals surface area contributed by atoms with Gasteiger partial charge in [-0.05, 0) is 45.4 Å². The Morgan fingerprint density at radius 1 is 1.30 bits per heavy atom. The van der Waals surface area contributed by atoms with Gasteiger partial charge in [-0.3, -0.25) is 10.1 Å². The molecule has 0 fully saturated rings. The summed E-state index contributed by atoms with van der Waals surface area (Å²) in [7, 11) is 0. The van der Waals surface area contributed by atoms with Gasteiger partial charge in [0.15, 0.2) is 6.61 Å². The predicted molar refractivity (Wildman–Crippen MR) is 98.4 cm³/mol. The van der Waals surface area contributed by atoms with Gasteiger partial charge in [-0.2, -0.15) is 0 Å².